The number of nitrogens with zero attached hydrogens (tertiary/aromatic N) is 3. The smallest absolute Gasteiger partial charge is 0.216 e. The Bertz CT molecular complexity index is 1230. The highest BCUT2D eigenvalue weighted by molar-refractivity contribution is 7.98. The molecule has 8 heteroatoms. The summed E-state index contributed by atoms with van der Waals surface area (Å²) in [6.07, 6.45) is 0. The number of Topliss-reactive ketones (excluding diaryl/α,β-unsaturated/α-hetero) is 1. The van der Waals surface area contributed by atoms with E-state index >= 15 is 0 Å². The average molecular weight is 409 g/mol. The van der Waals surface area contributed by atoms with Gasteiger partial charge in [0.1, 0.15) is 5.69 Å². The van der Waals surface area contributed by atoms with Gasteiger partial charge >= 0.3 is 0 Å². The number of nitriles is 1. The molecule has 6 nitrogen and oxygen atoms in total. The maximum absolute atomic E-state index is 13.1. The van der Waals surface area contributed by atoms with E-state index in [1.165, 1.54) is 12.1 Å². The Morgan fingerprint density at radius 2 is 1.86 bits per heavy atom. The van der Waals surface area contributed by atoms with Crippen LogP contribution in [-0.2, 0) is 22.6 Å². The minimum atomic E-state index is -4.14. The Morgan fingerprint density at radius 1 is 1.18 bits per heavy atom. The Kier molecular flexibility index (Phi) is 4.57. The summed E-state index contributed by atoms with van der Waals surface area (Å²) in [5.74, 6) is -0.298. The number of hydrogen-bond acceptors (Lipinski definition) is 6. The minimum absolute atomic E-state index is 0.0468. The monoisotopic (exact) mass is 409 g/mol. The number of benzene rings is 2. The van der Waals surface area contributed by atoms with Crippen LogP contribution in [0.15, 0.2) is 64.4 Å². The van der Waals surface area contributed by atoms with Gasteiger partial charge in [-0.2, -0.15) is 10.4 Å². The molecule has 1 unspecified atom stereocenters. The van der Waals surface area contributed by atoms with Crippen LogP contribution in [-0.4, -0.2) is 29.2 Å². The Labute approximate surface area is 166 Å². The number of fused-ring (bicyclic) bond motifs is 3. The molecule has 140 valence electrons. The third-order valence-corrected chi connectivity index (χ3v) is 7.60. The lowest BCUT2D eigenvalue weighted by Gasteiger charge is -2.17. The Hall–Kier alpha value is -2.89. The molecule has 1 aromatic heterocycles. The van der Waals surface area contributed by atoms with Crippen LogP contribution in [0.2, 0.25) is 0 Å². The number of carbonyl (C=O) groups excluding carboxylic acids is 1. The van der Waals surface area contributed by atoms with Crippen LogP contribution >= 0.6 is 11.8 Å². The molecule has 0 N–H and O–H groups in total. The van der Waals surface area contributed by atoms with E-state index in [1.54, 1.807) is 47.8 Å². The molecule has 3 aromatic rings. The van der Waals surface area contributed by atoms with Gasteiger partial charge in [-0.05, 0) is 18.2 Å². The van der Waals surface area contributed by atoms with Crippen molar-refractivity contribution < 1.29 is 13.2 Å². The van der Waals surface area contributed by atoms with E-state index in [9.17, 15) is 18.5 Å². The predicted octanol–water partition coefficient (Wildman–Crippen LogP) is 3.24. The SMILES string of the molecule is Cn1nc(C(=O)C(C#N)S(=O)(=O)c2ccccc2)c2c1-c1ccccc1SC2. The normalized spacial score (nSPS) is 13.9. The van der Waals surface area contributed by atoms with E-state index in [-0.39, 0.29) is 10.6 Å². The summed E-state index contributed by atoms with van der Waals surface area (Å²) >= 11 is 1.56. The predicted molar refractivity (Wildman–Crippen MR) is 106 cm³/mol. The van der Waals surface area contributed by atoms with Crippen molar-refractivity contribution in [1.29, 1.82) is 5.26 Å². The summed E-state index contributed by atoms with van der Waals surface area (Å²) in [7, 11) is -2.43. The van der Waals surface area contributed by atoms with Crippen LogP contribution in [0.4, 0.5) is 0 Å². The summed E-state index contributed by atoms with van der Waals surface area (Å²) < 4.78 is 27.3. The van der Waals surface area contributed by atoms with Crippen molar-refractivity contribution in [2.24, 2.45) is 7.05 Å². The van der Waals surface area contributed by atoms with Crippen molar-refractivity contribution >= 4 is 27.4 Å². The largest absolute Gasteiger partial charge is 0.290 e. The molecule has 2 aromatic carbocycles. The second kappa shape index (κ2) is 6.93. The number of aromatic nitrogens is 2. The van der Waals surface area contributed by atoms with Gasteiger partial charge in [0, 0.05) is 28.8 Å². The summed E-state index contributed by atoms with van der Waals surface area (Å²) in [6.45, 7) is 0. The van der Waals surface area contributed by atoms with E-state index in [1.807, 2.05) is 24.3 Å². The third-order valence-electron chi connectivity index (χ3n) is 4.63. The second-order valence-electron chi connectivity index (χ2n) is 6.32. The van der Waals surface area contributed by atoms with Crippen LogP contribution in [0, 0.1) is 11.3 Å². The van der Waals surface area contributed by atoms with Crippen LogP contribution in [0.3, 0.4) is 0 Å². The molecule has 0 saturated carbocycles. The van der Waals surface area contributed by atoms with Crippen LogP contribution < -0.4 is 0 Å². The highest BCUT2D eigenvalue weighted by atomic mass is 32.2. The third kappa shape index (κ3) is 2.84. The van der Waals surface area contributed by atoms with Crippen molar-refractivity contribution in [3.05, 3.63) is 65.9 Å². The van der Waals surface area contributed by atoms with Gasteiger partial charge < -0.3 is 0 Å². The fourth-order valence-electron chi connectivity index (χ4n) is 3.32. The molecule has 2 heterocycles. The second-order valence-corrected chi connectivity index (χ2v) is 9.37. The van der Waals surface area contributed by atoms with Gasteiger partial charge in [-0.25, -0.2) is 8.42 Å². The molecule has 28 heavy (non-hydrogen) atoms. The number of rotatable bonds is 4. The molecule has 0 saturated heterocycles. The van der Waals surface area contributed by atoms with Crippen LogP contribution in [0.5, 0.6) is 0 Å². The summed E-state index contributed by atoms with van der Waals surface area (Å²) in [5, 5.41) is 12.0. The Morgan fingerprint density at radius 3 is 2.57 bits per heavy atom. The fraction of sp³-hybridized carbons (Fsp3) is 0.150. The number of hydrogen-bond donors (Lipinski definition) is 0. The van der Waals surface area contributed by atoms with Gasteiger partial charge in [-0.15, -0.1) is 11.8 Å². The average Bonchev–Trinajstić information content (AvgIpc) is 3.06. The van der Waals surface area contributed by atoms with Gasteiger partial charge in [0.2, 0.25) is 20.9 Å². The van der Waals surface area contributed by atoms with E-state index < -0.39 is 20.9 Å². The standard InChI is InChI=1S/C20H15N3O3S2/c1-23-19-14-9-5-6-10-16(14)27-12-15(19)18(22-23)20(24)17(11-21)28(25,26)13-7-3-2-4-8-13/h2-10,17H,12H2,1H3. The van der Waals surface area contributed by atoms with Crippen molar-refractivity contribution in [2.75, 3.05) is 0 Å². The number of sulfone groups is 1. The van der Waals surface area contributed by atoms with Crippen molar-refractivity contribution in [3.63, 3.8) is 0 Å². The molecule has 1 aliphatic heterocycles. The molecule has 1 aliphatic rings. The zero-order valence-corrected chi connectivity index (χ0v) is 16.5. The number of thioether (sulfide) groups is 1. The lowest BCUT2D eigenvalue weighted by molar-refractivity contribution is 0.0994. The molecule has 4 rings (SSSR count). The molecule has 0 radical (unpaired) electrons. The number of ketones is 1. The van der Waals surface area contributed by atoms with Gasteiger partial charge in [0.05, 0.1) is 16.7 Å². The first-order valence-electron chi connectivity index (χ1n) is 8.46. The fourth-order valence-corrected chi connectivity index (χ4v) is 5.73. The lowest BCUT2D eigenvalue weighted by atomic mass is 10.0. The van der Waals surface area contributed by atoms with Gasteiger partial charge in [0.15, 0.2) is 0 Å². The summed E-state index contributed by atoms with van der Waals surface area (Å²) in [5.41, 5.74) is 2.44. The van der Waals surface area contributed by atoms with Gasteiger partial charge in [-0.3, -0.25) is 9.48 Å². The van der Waals surface area contributed by atoms with E-state index in [4.69, 9.17) is 0 Å². The first-order valence-corrected chi connectivity index (χ1v) is 11.0. The highest BCUT2D eigenvalue weighted by Crippen LogP contribution is 2.42. The molecule has 0 bridgehead atoms. The highest BCUT2D eigenvalue weighted by Gasteiger charge is 2.39. The summed E-state index contributed by atoms with van der Waals surface area (Å²) in [4.78, 5) is 14.1. The zero-order valence-electron chi connectivity index (χ0n) is 14.9. The van der Waals surface area contributed by atoms with Crippen molar-refractivity contribution in [1.82, 2.24) is 9.78 Å². The maximum Gasteiger partial charge on any atom is 0.216 e. The zero-order chi connectivity index (χ0) is 19.9. The van der Waals surface area contributed by atoms with Gasteiger partial charge in [-0.1, -0.05) is 36.4 Å². The minimum Gasteiger partial charge on any atom is -0.290 e. The molecule has 0 aliphatic carbocycles. The first-order chi connectivity index (χ1) is 13.4. The van der Waals surface area contributed by atoms with E-state index in [0.29, 0.717) is 11.3 Å². The van der Waals surface area contributed by atoms with E-state index in [2.05, 4.69) is 5.10 Å². The molecule has 1 atom stereocenters. The first kappa shape index (κ1) is 18.5. The topological polar surface area (TPSA) is 92.8 Å². The van der Waals surface area contributed by atoms with E-state index in [0.717, 1.165) is 16.2 Å². The molecular weight excluding hydrogens is 394 g/mol. The molecule has 0 amide bonds. The Balaban J connectivity index is 1.81. The molecule has 0 fully saturated rings. The lowest BCUT2D eigenvalue weighted by Crippen LogP contribution is -2.30. The van der Waals surface area contributed by atoms with Crippen LogP contribution in [0.25, 0.3) is 11.3 Å². The van der Waals surface area contributed by atoms with Crippen molar-refractivity contribution in [3.8, 4) is 17.3 Å². The maximum atomic E-state index is 13.1. The molecular formula is C20H15N3O3S2. The van der Waals surface area contributed by atoms with Crippen molar-refractivity contribution in [2.45, 2.75) is 20.8 Å². The number of aryl methyl sites for hydroxylation is 1. The van der Waals surface area contributed by atoms with Crippen LogP contribution in [0.1, 0.15) is 16.1 Å². The molecule has 0 spiro atoms. The summed E-state index contributed by atoms with van der Waals surface area (Å²) in [6, 6.07) is 17.0. The quantitative estimate of drug-likeness (QED) is 0.614. The number of carbonyl (C=O) groups is 1. The van der Waals surface area contributed by atoms with Gasteiger partial charge in [0.25, 0.3) is 0 Å².